The number of unbranched alkanes of at least 4 members (excludes halogenated alkanes) is 2. The third-order valence-electron chi connectivity index (χ3n) is 14.7. The number of amides is 1. The van der Waals surface area contributed by atoms with Crippen molar-refractivity contribution in [2.45, 2.75) is 80.7 Å². The van der Waals surface area contributed by atoms with Crippen LogP contribution >= 0.6 is 11.8 Å². The minimum absolute atomic E-state index is 0.0109. The molecule has 75 heavy (non-hydrogen) atoms. The van der Waals surface area contributed by atoms with Crippen LogP contribution in [0.5, 0.6) is 11.5 Å². The monoisotopic (exact) mass is 1030 g/mol. The fourth-order valence-electron chi connectivity index (χ4n) is 11.3. The standard InChI is InChI=1S/C62H65N3O9S/c1-2-36-72-62-58(64(42-48-21-15-20-46-18-9-10-24-52(46)48)59(68)33-28-44-26-29-49(30-27-44)65(69)70)41-56(63-73-43-45-16-5-3-6-17-45)54-39-47(19-11-13-34-66)53(25-12-14-35-67)60(61(54)62)55-40-50(31-32-57(55)74-62)71-37-38-75-51-22-7-4-8-23-51/h2-10,15-18,20-24,26-33,39-40,47,53,58,60-61,66-67H,1,11-14,19,25,34-38,41-43H2. The van der Waals surface area contributed by atoms with Gasteiger partial charge in [-0.25, -0.2) is 0 Å². The number of carbonyl (C=O) groups excluding carboxylic acids is 1. The number of nitrogens with zero attached hydrogens (tertiary/aromatic N) is 3. The van der Waals surface area contributed by atoms with E-state index in [1.165, 1.54) is 23.1 Å². The molecule has 6 aromatic carbocycles. The summed E-state index contributed by atoms with van der Waals surface area (Å²) in [6.07, 6.45) is 11.9. The van der Waals surface area contributed by atoms with Gasteiger partial charge in [0, 0.05) is 66.5 Å². The molecule has 1 saturated carbocycles. The second-order valence-corrected chi connectivity index (χ2v) is 20.5. The van der Waals surface area contributed by atoms with Crippen LogP contribution in [-0.4, -0.2) is 75.7 Å². The highest BCUT2D eigenvalue weighted by atomic mass is 32.2. The second-order valence-electron chi connectivity index (χ2n) is 19.3. The lowest BCUT2D eigenvalue weighted by molar-refractivity contribution is -0.384. The lowest BCUT2D eigenvalue weighted by Gasteiger charge is -2.60. The molecule has 0 saturated heterocycles. The van der Waals surface area contributed by atoms with Crippen molar-refractivity contribution in [1.82, 2.24) is 4.90 Å². The van der Waals surface area contributed by atoms with Gasteiger partial charge in [0.2, 0.25) is 11.7 Å². The van der Waals surface area contributed by atoms with Crippen molar-refractivity contribution in [3.63, 3.8) is 0 Å². The molecule has 6 unspecified atom stereocenters. The summed E-state index contributed by atoms with van der Waals surface area (Å²) in [5.41, 5.74) is 5.01. The Hall–Kier alpha value is -7.03. The summed E-state index contributed by atoms with van der Waals surface area (Å²) >= 11 is 1.73. The van der Waals surface area contributed by atoms with E-state index in [4.69, 9.17) is 24.2 Å². The average Bonchev–Trinajstić information content (AvgIpc) is 3.47. The zero-order valence-corrected chi connectivity index (χ0v) is 43.0. The molecule has 1 aliphatic heterocycles. The Morgan fingerprint density at radius 2 is 1.61 bits per heavy atom. The number of hydrogen-bond donors (Lipinski definition) is 2. The summed E-state index contributed by atoms with van der Waals surface area (Å²) in [7, 11) is 0. The highest BCUT2D eigenvalue weighted by Gasteiger charge is 2.65. The Morgan fingerprint density at radius 1 is 0.880 bits per heavy atom. The summed E-state index contributed by atoms with van der Waals surface area (Å²) < 4.78 is 21.4. The maximum absolute atomic E-state index is 15.6. The number of ether oxygens (including phenoxy) is 3. The van der Waals surface area contributed by atoms with Gasteiger partial charge in [-0.3, -0.25) is 14.9 Å². The van der Waals surface area contributed by atoms with Gasteiger partial charge in [0.25, 0.3) is 5.69 Å². The fraction of sp³-hybridized carbons (Fsp3) is 0.323. The summed E-state index contributed by atoms with van der Waals surface area (Å²) in [6.45, 7) is 5.23. The van der Waals surface area contributed by atoms with E-state index in [0.29, 0.717) is 42.2 Å². The van der Waals surface area contributed by atoms with Gasteiger partial charge in [-0.15, -0.1) is 18.3 Å². The number of rotatable bonds is 25. The van der Waals surface area contributed by atoms with Crippen LogP contribution < -0.4 is 9.47 Å². The van der Waals surface area contributed by atoms with Crippen molar-refractivity contribution in [2.24, 2.45) is 22.9 Å². The maximum Gasteiger partial charge on any atom is 0.269 e. The molecule has 1 heterocycles. The molecule has 1 fully saturated rings. The molecule has 6 aromatic rings. The van der Waals surface area contributed by atoms with E-state index in [1.54, 1.807) is 36.0 Å². The number of non-ortho nitro benzene ring substituents is 1. The zero-order valence-electron chi connectivity index (χ0n) is 42.2. The van der Waals surface area contributed by atoms with E-state index in [-0.39, 0.29) is 68.7 Å². The minimum atomic E-state index is -1.52. The van der Waals surface area contributed by atoms with Crippen LogP contribution in [-0.2, 0) is 27.5 Å². The molecule has 0 radical (unpaired) electrons. The Morgan fingerprint density at radius 3 is 2.37 bits per heavy atom. The Bertz CT molecular complexity index is 2980. The number of aliphatic hydroxyl groups excluding tert-OH is 2. The number of fused-ring (bicyclic) bond motifs is 3. The maximum atomic E-state index is 15.6. The van der Waals surface area contributed by atoms with Crippen molar-refractivity contribution < 1.29 is 39.0 Å². The third-order valence-corrected chi connectivity index (χ3v) is 15.6. The number of benzene rings is 6. The van der Waals surface area contributed by atoms with Crippen LogP contribution in [0.15, 0.2) is 186 Å². The molecule has 0 aromatic heterocycles. The Kier molecular flexibility index (Phi) is 17.9. The number of thioether (sulfide) groups is 1. The number of allylic oxidation sites excluding steroid dienone is 1. The first-order valence-corrected chi connectivity index (χ1v) is 27.0. The minimum Gasteiger partial charge on any atom is -0.493 e. The molecule has 9 rings (SSSR count). The van der Waals surface area contributed by atoms with Gasteiger partial charge in [-0.05, 0) is 119 Å². The van der Waals surface area contributed by atoms with E-state index in [9.17, 15) is 20.3 Å². The third kappa shape index (κ3) is 12.4. The lowest BCUT2D eigenvalue weighted by atomic mass is 9.55. The number of nitro groups is 1. The van der Waals surface area contributed by atoms with Crippen molar-refractivity contribution in [2.75, 3.05) is 32.2 Å². The zero-order chi connectivity index (χ0) is 52.0. The van der Waals surface area contributed by atoms with Crippen LogP contribution in [0, 0.1) is 27.9 Å². The number of carbonyl (C=O) groups is 1. The van der Waals surface area contributed by atoms with Crippen LogP contribution in [0.4, 0.5) is 5.69 Å². The predicted molar refractivity (Wildman–Crippen MR) is 295 cm³/mol. The van der Waals surface area contributed by atoms with Gasteiger partial charge in [0.1, 0.15) is 24.1 Å². The molecule has 13 heteroatoms. The molecule has 2 N–H and O–H groups in total. The fourth-order valence-corrected chi connectivity index (χ4v) is 12.0. The molecule has 0 bridgehead atoms. The van der Waals surface area contributed by atoms with E-state index >= 15 is 4.79 Å². The number of oxime groups is 1. The summed E-state index contributed by atoms with van der Waals surface area (Å²) in [5.74, 6) is -0.514. The molecule has 6 atom stereocenters. The van der Waals surface area contributed by atoms with Gasteiger partial charge in [-0.1, -0.05) is 121 Å². The Balaban J connectivity index is 1.22. The van der Waals surface area contributed by atoms with Gasteiger partial charge in [-0.2, -0.15) is 0 Å². The number of aliphatic hydroxyl groups is 2. The number of hydrogen-bond acceptors (Lipinski definition) is 11. The molecule has 2 aliphatic carbocycles. The van der Waals surface area contributed by atoms with Crippen LogP contribution in [0.1, 0.15) is 73.1 Å². The first kappa shape index (κ1) is 52.8. The topological polar surface area (TPSA) is 153 Å². The lowest BCUT2D eigenvalue weighted by Crippen LogP contribution is -2.70. The molecular weight excluding hydrogens is 963 g/mol. The summed E-state index contributed by atoms with van der Waals surface area (Å²) in [4.78, 5) is 36.1. The summed E-state index contributed by atoms with van der Waals surface area (Å²) in [6, 6.07) is 45.7. The van der Waals surface area contributed by atoms with Crippen molar-refractivity contribution >= 4 is 45.9 Å². The van der Waals surface area contributed by atoms with Crippen LogP contribution in [0.2, 0.25) is 0 Å². The largest absolute Gasteiger partial charge is 0.493 e. The van der Waals surface area contributed by atoms with Crippen molar-refractivity contribution in [1.29, 1.82) is 0 Å². The molecule has 3 aliphatic rings. The van der Waals surface area contributed by atoms with Gasteiger partial charge in [0.05, 0.1) is 29.8 Å². The summed E-state index contributed by atoms with van der Waals surface area (Å²) in [5, 5.41) is 38.9. The first-order valence-electron chi connectivity index (χ1n) is 26.0. The van der Waals surface area contributed by atoms with Crippen molar-refractivity contribution in [3.05, 3.63) is 208 Å². The molecule has 388 valence electrons. The molecule has 0 spiro atoms. The molecule has 12 nitrogen and oxygen atoms in total. The Labute approximate surface area is 443 Å². The van der Waals surface area contributed by atoms with E-state index in [1.807, 2.05) is 89.8 Å². The normalized spacial score (nSPS) is 21.2. The smallest absolute Gasteiger partial charge is 0.269 e. The predicted octanol–water partition coefficient (Wildman–Crippen LogP) is 12.5. The van der Waals surface area contributed by atoms with E-state index in [2.05, 4.69) is 49.1 Å². The molecular formula is C62H65N3O9S. The highest BCUT2D eigenvalue weighted by molar-refractivity contribution is 7.99. The van der Waals surface area contributed by atoms with Gasteiger partial charge >= 0.3 is 0 Å². The quantitative estimate of drug-likeness (QED) is 0.0141. The van der Waals surface area contributed by atoms with Gasteiger partial charge < -0.3 is 34.2 Å². The SMILES string of the molecule is C=CCOC12Oc3ccc(OCCSc4ccccc4)cc3C3C(CCCCO)C(CCCCO)C=C(C(=NOCc4ccccc4)CC1N(Cc1cccc4ccccc14)C(=O)C=Cc1ccc([N+](=O)[O-])cc1)C32. The van der Waals surface area contributed by atoms with Gasteiger partial charge in [0.15, 0.2) is 0 Å². The first-order chi connectivity index (χ1) is 36.8. The second kappa shape index (κ2) is 25.5. The van der Waals surface area contributed by atoms with Crippen LogP contribution in [0.3, 0.4) is 0 Å². The van der Waals surface area contributed by atoms with E-state index < -0.39 is 22.7 Å². The number of nitro benzene ring substituents is 1. The average molecular weight is 1030 g/mol. The molecule has 1 amide bonds. The van der Waals surface area contributed by atoms with Crippen LogP contribution in [0.25, 0.3) is 16.8 Å². The highest BCUT2D eigenvalue weighted by Crippen LogP contribution is 2.62. The van der Waals surface area contributed by atoms with E-state index in [0.717, 1.165) is 64.5 Å². The van der Waals surface area contributed by atoms with Crippen molar-refractivity contribution in [3.8, 4) is 11.5 Å².